The van der Waals surface area contributed by atoms with Gasteiger partial charge in [0.2, 0.25) is 0 Å². The second-order valence-electron chi connectivity index (χ2n) is 8.52. The smallest absolute Gasteiger partial charge is 0.412 e. The average Bonchev–Trinajstić information content (AvgIpc) is 2.74. The highest BCUT2D eigenvalue weighted by Crippen LogP contribution is 2.36. The van der Waals surface area contributed by atoms with Crippen LogP contribution in [0.1, 0.15) is 53.5 Å². The van der Waals surface area contributed by atoms with E-state index in [0.29, 0.717) is 11.3 Å². The summed E-state index contributed by atoms with van der Waals surface area (Å²) in [4.78, 5) is 15.6. The van der Waals surface area contributed by atoms with Gasteiger partial charge in [0.15, 0.2) is 0 Å². The Bertz CT molecular complexity index is 734. The van der Waals surface area contributed by atoms with Gasteiger partial charge < -0.3 is 9.47 Å². The third kappa shape index (κ3) is 5.20. The van der Waals surface area contributed by atoms with Crippen molar-refractivity contribution in [2.45, 2.75) is 83.3 Å². The highest BCUT2D eigenvalue weighted by Gasteiger charge is 2.49. The van der Waals surface area contributed by atoms with E-state index in [-0.39, 0.29) is 12.1 Å². The zero-order valence-electron chi connectivity index (χ0n) is 17.4. The number of hydrogen-bond donors (Lipinski definition) is 0. The Kier molecular flexibility index (Phi) is 6.22. The maximum Gasteiger partial charge on any atom is 0.412 e. The maximum atomic E-state index is 12.8. The summed E-state index contributed by atoms with van der Waals surface area (Å²) >= 11 is 0. The van der Waals surface area contributed by atoms with Crippen LogP contribution in [-0.4, -0.2) is 38.7 Å². The third-order valence-corrected chi connectivity index (χ3v) is 5.87. The lowest BCUT2D eigenvalue weighted by molar-refractivity contribution is -0.0780. The fourth-order valence-corrected chi connectivity index (χ4v) is 4.25. The molecule has 0 spiro atoms. The second kappa shape index (κ2) is 7.76. The molecular formula is C21H31NO4S. The molecule has 1 heterocycles. The van der Waals surface area contributed by atoms with Crippen LogP contribution in [0.3, 0.4) is 0 Å². The van der Waals surface area contributed by atoms with Gasteiger partial charge in [-0.1, -0.05) is 24.3 Å². The van der Waals surface area contributed by atoms with Gasteiger partial charge in [-0.15, -0.1) is 0 Å². The second-order valence-corrected chi connectivity index (χ2v) is 10.1. The van der Waals surface area contributed by atoms with Crippen LogP contribution in [0, 0.1) is 6.92 Å². The van der Waals surface area contributed by atoms with Crippen molar-refractivity contribution < 1.29 is 18.5 Å². The van der Waals surface area contributed by atoms with E-state index < -0.39 is 28.2 Å². The van der Waals surface area contributed by atoms with Gasteiger partial charge in [0.25, 0.3) is 0 Å². The summed E-state index contributed by atoms with van der Waals surface area (Å²) in [6.07, 6.45) is -0.299. The Balaban J connectivity index is 2.11. The fourth-order valence-electron chi connectivity index (χ4n) is 3.22. The molecule has 1 aliphatic heterocycles. The van der Waals surface area contributed by atoms with Crippen molar-refractivity contribution in [3.8, 4) is 0 Å². The molecule has 0 aliphatic carbocycles. The largest absolute Gasteiger partial charge is 0.444 e. The van der Waals surface area contributed by atoms with Crippen LogP contribution in [0.5, 0.6) is 0 Å². The number of rotatable bonds is 4. The highest BCUT2D eigenvalue weighted by molar-refractivity contribution is 7.89. The minimum Gasteiger partial charge on any atom is -0.444 e. The van der Waals surface area contributed by atoms with Gasteiger partial charge >= 0.3 is 6.09 Å². The van der Waals surface area contributed by atoms with Crippen molar-refractivity contribution in [3.05, 3.63) is 41.3 Å². The molecular weight excluding hydrogens is 362 g/mol. The molecule has 150 valence electrons. The van der Waals surface area contributed by atoms with Crippen LogP contribution in [-0.2, 0) is 20.3 Å². The number of carbonyl (C=O) groups is 1. The third-order valence-electron chi connectivity index (χ3n) is 4.48. The first kappa shape index (κ1) is 21.6. The molecule has 5 nitrogen and oxygen atoms in total. The Morgan fingerprint density at radius 2 is 1.85 bits per heavy atom. The van der Waals surface area contributed by atoms with Crippen LogP contribution >= 0.6 is 0 Å². The predicted molar refractivity (Wildman–Crippen MR) is 108 cm³/mol. The number of hydrogen-bond acceptors (Lipinski definition) is 4. The van der Waals surface area contributed by atoms with Gasteiger partial charge in [-0.05, 0) is 60.6 Å². The van der Waals surface area contributed by atoms with E-state index in [1.54, 1.807) is 4.90 Å². The van der Waals surface area contributed by atoms with Gasteiger partial charge in [-0.25, -0.2) is 9.00 Å². The molecule has 1 aromatic rings. The molecule has 27 heavy (non-hydrogen) atoms. The van der Waals surface area contributed by atoms with Gasteiger partial charge in [-0.2, -0.15) is 0 Å². The topological polar surface area (TPSA) is 55.8 Å². The summed E-state index contributed by atoms with van der Waals surface area (Å²) in [6.45, 7) is 17.1. The molecule has 6 heteroatoms. The SMILES string of the molecule is C=C(C[C@H]1OC(C)(C)N(C(=O)OC(C)(C)C)[C@H]1C)[S@](=O)c1ccc(C)cc1. The van der Waals surface area contributed by atoms with E-state index in [0.717, 1.165) is 10.5 Å². The number of amides is 1. The zero-order valence-corrected chi connectivity index (χ0v) is 18.2. The van der Waals surface area contributed by atoms with Crippen molar-refractivity contribution in [3.63, 3.8) is 0 Å². The lowest BCUT2D eigenvalue weighted by Gasteiger charge is -2.34. The molecule has 3 atom stereocenters. The monoisotopic (exact) mass is 393 g/mol. The molecule has 1 aliphatic rings. The van der Waals surface area contributed by atoms with E-state index in [1.165, 1.54) is 0 Å². The van der Waals surface area contributed by atoms with E-state index in [2.05, 4.69) is 6.58 Å². The highest BCUT2D eigenvalue weighted by atomic mass is 32.2. The first-order valence-corrected chi connectivity index (χ1v) is 10.3. The lowest BCUT2D eigenvalue weighted by Crippen LogP contribution is -2.49. The van der Waals surface area contributed by atoms with Crippen LogP contribution in [0.4, 0.5) is 4.79 Å². The standard InChI is InChI=1S/C21H31NO4S/c1-14-9-11-17(12-10-14)27(24)15(2)13-18-16(3)22(21(7,8)25-18)19(23)26-20(4,5)6/h9-12,16,18H,2,13H2,1,3-8H3/t16-,18+,27-/m0/s1. The average molecular weight is 394 g/mol. The number of carbonyl (C=O) groups excluding carboxylic acids is 1. The summed E-state index contributed by atoms with van der Waals surface area (Å²) in [5.74, 6) is 0. The molecule has 2 rings (SSSR count). The Labute approximate surface area is 165 Å². The van der Waals surface area contributed by atoms with Crippen molar-refractivity contribution in [2.75, 3.05) is 0 Å². The van der Waals surface area contributed by atoms with Crippen molar-refractivity contribution >= 4 is 16.9 Å². The molecule has 0 radical (unpaired) electrons. The Morgan fingerprint density at radius 3 is 2.37 bits per heavy atom. The zero-order chi connectivity index (χ0) is 20.6. The van der Waals surface area contributed by atoms with Crippen molar-refractivity contribution in [1.82, 2.24) is 4.90 Å². The van der Waals surface area contributed by atoms with E-state index >= 15 is 0 Å². The number of aryl methyl sites for hydroxylation is 1. The molecule has 0 bridgehead atoms. The van der Waals surface area contributed by atoms with E-state index in [4.69, 9.17) is 9.47 Å². The quantitative estimate of drug-likeness (QED) is 0.739. The maximum absolute atomic E-state index is 12.8. The van der Waals surface area contributed by atoms with Crippen LogP contribution in [0.2, 0.25) is 0 Å². The summed E-state index contributed by atoms with van der Waals surface area (Å²) in [5.41, 5.74) is -0.275. The Morgan fingerprint density at radius 1 is 1.30 bits per heavy atom. The fraction of sp³-hybridized carbons (Fsp3) is 0.571. The van der Waals surface area contributed by atoms with Gasteiger partial charge in [0.1, 0.15) is 11.3 Å². The molecule has 1 fully saturated rings. The van der Waals surface area contributed by atoms with Crippen molar-refractivity contribution in [1.29, 1.82) is 0 Å². The van der Waals surface area contributed by atoms with Crippen LogP contribution < -0.4 is 0 Å². The summed E-state index contributed by atoms with van der Waals surface area (Å²) in [7, 11) is -1.32. The van der Waals surface area contributed by atoms with Crippen LogP contribution in [0.15, 0.2) is 40.6 Å². The molecule has 0 N–H and O–H groups in total. The van der Waals surface area contributed by atoms with Gasteiger partial charge in [0, 0.05) is 16.2 Å². The number of ether oxygens (including phenoxy) is 2. The molecule has 1 aromatic carbocycles. The van der Waals surface area contributed by atoms with Crippen LogP contribution in [0.25, 0.3) is 0 Å². The summed E-state index contributed by atoms with van der Waals surface area (Å²) < 4.78 is 24.4. The summed E-state index contributed by atoms with van der Waals surface area (Å²) in [5, 5.41) is 0. The lowest BCUT2D eigenvalue weighted by atomic mass is 10.1. The van der Waals surface area contributed by atoms with E-state index in [9.17, 15) is 9.00 Å². The first-order valence-electron chi connectivity index (χ1n) is 9.18. The van der Waals surface area contributed by atoms with Crippen molar-refractivity contribution in [2.24, 2.45) is 0 Å². The van der Waals surface area contributed by atoms with Gasteiger partial charge in [0.05, 0.1) is 22.9 Å². The molecule has 0 saturated carbocycles. The number of nitrogens with zero attached hydrogens (tertiary/aromatic N) is 1. The molecule has 1 saturated heterocycles. The molecule has 0 aromatic heterocycles. The summed E-state index contributed by atoms with van der Waals surface area (Å²) in [6, 6.07) is 7.35. The number of benzene rings is 1. The van der Waals surface area contributed by atoms with Gasteiger partial charge in [-0.3, -0.25) is 4.90 Å². The molecule has 1 amide bonds. The molecule has 0 unspecified atom stereocenters. The minimum atomic E-state index is -1.32. The van der Waals surface area contributed by atoms with E-state index in [1.807, 2.05) is 72.7 Å². The normalized spacial score (nSPS) is 23.1. The Hall–Kier alpha value is -1.66. The first-order chi connectivity index (χ1) is 12.3. The predicted octanol–water partition coefficient (Wildman–Crippen LogP) is 4.77. The minimum absolute atomic E-state index is 0.221.